The van der Waals surface area contributed by atoms with Gasteiger partial charge in [-0.1, -0.05) is 36.4 Å². The van der Waals surface area contributed by atoms with Crippen molar-refractivity contribution in [1.29, 1.82) is 0 Å². The Bertz CT molecular complexity index is 553. The maximum absolute atomic E-state index is 2.32. The van der Waals surface area contributed by atoms with Crippen molar-refractivity contribution in [2.75, 3.05) is 0 Å². The molecule has 0 radical (unpaired) electrons. The molecule has 0 saturated heterocycles. The number of fused-ring (bicyclic) bond motifs is 3. The maximum atomic E-state index is 2.32. The summed E-state index contributed by atoms with van der Waals surface area (Å²) in [5.41, 5.74) is 9.49. The van der Waals surface area contributed by atoms with Gasteiger partial charge in [-0.15, -0.1) is 0 Å². The van der Waals surface area contributed by atoms with Crippen LogP contribution in [0, 0.1) is 0 Å². The fraction of sp³-hybridized carbons (Fsp3) is 0.200. The molecule has 3 aliphatic rings. The fourth-order valence-electron chi connectivity index (χ4n) is 3.14. The summed E-state index contributed by atoms with van der Waals surface area (Å²) in [5, 5.41) is 0. The van der Waals surface area contributed by atoms with E-state index < -0.39 is 0 Å². The highest BCUT2D eigenvalue weighted by Gasteiger charge is 2.30. The summed E-state index contributed by atoms with van der Waals surface area (Å²) in [6, 6.07) is 8.87. The first-order chi connectivity index (χ1) is 7.43. The van der Waals surface area contributed by atoms with Gasteiger partial charge in [-0.3, -0.25) is 0 Å². The molecule has 0 aromatic heterocycles. The minimum absolute atomic E-state index is 1.17. The van der Waals surface area contributed by atoms with Crippen LogP contribution >= 0.6 is 0 Å². The van der Waals surface area contributed by atoms with Crippen LogP contribution in [0.15, 0.2) is 53.1 Å². The number of hydrogen-bond acceptors (Lipinski definition) is 0. The molecule has 0 heteroatoms. The van der Waals surface area contributed by atoms with Crippen LogP contribution in [0.5, 0.6) is 0 Å². The summed E-state index contributed by atoms with van der Waals surface area (Å²) in [7, 11) is 0. The predicted octanol–water partition coefficient (Wildman–Crippen LogP) is 3.66. The first-order valence-electron chi connectivity index (χ1n) is 5.63. The second-order valence-corrected chi connectivity index (χ2v) is 4.58. The van der Waals surface area contributed by atoms with Crippen molar-refractivity contribution in [3.8, 4) is 0 Å². The lowest BCUT2D eigenvalue weighted by molar-refractivity contribution is 1.15. The van der Waals surface area contributed by atoms with Gasteiger partial charge < -0.3 is 0 Å². The minimum Gasteiger partial charge on any atom is -0.0798 e. The van der Waals surface area contributed by atoms with Gasteiger partial charge in [-0.05, 0) is 52.7 Å². The van der Waals surface area contributed by atoms with E-state index in [9.17, 15) is 0 Å². The molecule has 0 bridgehead atoms. The quantitative estimate of drug-likeness (QED) is 0.588. The summed E-state index contributed by atoms with van der Waals surface area (Å²) >= 11 is 0. The molecule has 0 amide bonds. The van der Waals surface area contributed by atoms with Crippen LogP contribution in [0.25, 0.3) is 5.57 Å². The van der Waals surface area contributed by atoms with Gasteiger partial charge in [0, 0.05) is 0 Å². The van der Waals surface area contributed by atoms with Crippen molar-refractivity contribution in [3.63, 3.8) is 0 Å². The van der Waals surface area contributed by atoms with Crippen LogP contribution in [-0.4, -0.2) is 0 Å². The standard InChI is InChI=1S/C15H12/c1-2-6-12-10(4-1)8-15-13-7-3-5-11(13)9-14(12)15/h1-6H,7-9H2. The molecule has 1 aromatic carbocycles. The Labute approximate surface area is 89.6 Å². The highest BCUT2D eigenvalue weighted by Crippen LogP contribution is 2.49. The molecule has 0 heterocycles. The van der Waals surface area contributed by atoms with Crippen molar-refractivity contribution in [2.45, 2.75) is 19.3 Å². The summed E-state index contributed by atoms with van der Waals surface area (Å²) in [5.74, 6) is 0. The van der Waals surface area contributed by atoms with Crippen molar-refractivity contribution < 1.29 is 0 Å². The van der Waals surface area contributed by atoms with E-state index in [0.29, 0.717) is 0 Å². The monoisotopic (exact) mass is 192 g/mol. The van der Waals surface area contributed by atoms with Gasteiger partial charge in [0.1, 0.15) is 0 Å². The van der Waals surface area contributed by atoms with E-state index in [1.54, 1.807) is 22.3 Å². The van der Waals surface area contributed by atoms with E-state index in [1.807, 2.05) is 0 Å². The Morgan fingerprint density at radius 2 is 1.80 bits per heavy atom. The third-order valence-corrected chi connectivity index (χ3v) is 3.83. The molecule has 15 heavy (non-hydrogen) atoms. The molecule has 0 fully saturated rings. The lowest BCUT2D eigenvalue weighted by atomic mass is 10.0. The van der Waals surface area contributed by atoms with Crippen LogP contribution in [-0.2, 0) is 6.42 Å². The molecular formula is C15H12. The van der Waals surface area contributed by atoms with Crippen molar-refractivity contribution in [1.82, 2.24) is 0 Å². The zero-order valence-corrected chi connectivity index (χ0v) is 8.59. The molecule has 0 N–H and O–H groups in total. The first-order valence-corrected chi connectivity index (χ1v) is 5.63. The second-order valence-electron chi connectivity index (χ2n) is 4.58. The summed E-state index contributed by atoms with van der Waals surface area (Å²) < 4.78 is 0. The number of hydrogen-bond donors (Lipinski definition) is 0. The summed E-state index contributed by atoms with van der Waals surface area (Å²) in [6.45, 7) is 0. The van der Waals surface area contributed by atoms with Gasteiger partial charge in [0.15, 0.2) is 0 Å². The van der Waals surface area contributed by atoms with Crippen molar-refractivity contribution in [2.24, 2.45) is 0 Å². The Balaban J connectivity index is 1.88. The van der Waals surface area contributed by atoms with Crippen LogP contribution in [0.4, 0.5) is 0 Å². The van der Waals surface area contributed by atoms with Gasteiger partial charge in [0.05, 0.1) is 0 Å². The highest BCUT2D eigenvalue weighted by molar-refractivity contribution is 5.86. The largest absolute Gasteiger partial charge is 0.0798 e. The normalized spacial score (nSPS) is 21.1. The average Bonchev–Trinajstić information content (AvgIpc) is 2.87. The van der Waals surface area contributed by atoms with Crippen LogP contribution in [0.3, 0.4) is 0 Å². The number of benzene rings is 1. The zero-order valence-electron chi connectivity index (χ0n) is 8.59. The van der Waals surface area contributed by atoms with Gasteiger partial charge in [0.2, 0.25) is 0 Å². The average molecular weight is 192 g/mol. The Morgan fingerprint density at radius 3 is 2.80 bits per heavy atom. The van der Waals surface area contributed by atoms with Crippen LogP contribution in [0.2, 0.25) is 0 Å². The molecule has 0 aliphatic heterocycles. The van der Waals surface area contributed by atoms with E-state index in [4.69, 9.17) is 0 Å². The Kier molecular flexibility index (Phi) is 1.29. The fourth-order valence-corrected chi connectivity index (χ4v) is 3.14. The topological polar surface area (TPSA) is 0 Å². The molecule has 72 valence electrons. The molecule has 0 saturated carbocycles. The van der Waals surface area contributed by atoms with Crippen molar-refractivity contribution in [3.05, 3.63) is 64.3 Å². The zero-order chi connectivity index (χ0) is 9.83. The predicted molar refractivity (Wildman–Crippen MR) is 62.5 cm³/mol. The highest BCUT2D eigenvalue weighted by atomic mass is 14.3. The Morgan fingerprint density at radius 1 is 0.867 bits per heavy atom. The molecule has 0 nitrogen and oxygen atoms in total. The van der Waals surface area contributed by atoms with Crippen LogP contribution in [0.1, 0.15) is 24.0 Å². The van der Waals surface area contributed by atoms with E-state index >= 15 is 0 Å². The number of allylic oxidation sites excluding steroid dienone is 6. The van der Waals surface area contributed by atoms with Gasteiger partial charge >= 0.3 is 0 Å². The Hall–Kier alpha value is -1.56. The third kappa shape index (κ3) is 0.872. The van der Waals surface area contributed by atoms with Gasteiger partial charge in [0.25, 0.3) is 0 Å². The van der Waals surface area contributed by atoms with Crippen molar-refractivity contribution >= 4 is 5.57 Å². The SMILES string of the molecule is C1=CC2=C(C1)C1=C(C2)c2ccccc2C1. The molecule has 0 unspecified atom stereocenters. The minimum atomic E-state index is 1.17. The molecule has 0 atom stereocenters. The van der Waals surface area contributed by atoms with Gasteiger partial charge in [-0.25, -0.2) is 0 Å². The molecular weight excluding hydrogens is 180 g/mol. The lowest BCUT2D eigenvalue weighted by Gasteiger charge is -2.04. The van der Waals surface area contributed by atoms with E-state index in [1.165, 1.54) is 30.4 Å². The third-order valence-electron chi connectivity index (χ3n) is 3.83. The smallest absolute Gasteiger partial charge is 0.00137 e. The van der Waals surface area contributed by atoms with Gasteiger partial charge in [-0.2, -0.15) is 0 Å². The first kappa shape index (κ1) is 7.70. The van der Waals surface area contributed by atoms with E-state index in [2.05, 4.69) is 36.4 Å². The molecule has 3 aliphatic carbocycles. The second kappa shape index (κ2) is 2.52. The summed E-state index contributed by atoms with van der Waals surface area (Å²) in [6.07, 6.45) is 8.14. The van der Waals surface area contributed by atoms with E-state index in [-0.39, 0.29) is 0 Å². The molecule has 4 rings (SSSR count). The summed E-state index contributed by atoms with van der Waals surface area (Å²) in [4.78, 5) is 0. The number of rotatable bonds is 0. The lowest BCUT2D eigenvalue weighted by Crippen LogP contribution is -1.88. The molecule has 0 spiro atoms. The molecule has 1 aromatic rings. The maximum Gasteiger partial charge on any atom is -0.00137 e. The van der Waals surface area contributed by atoms with Crippen LogP contribution < -0.4 is 0 Å². The van der Waals surface area contributed by atoms with E-state index in [0.717, 1.165) is 0 Å².